The summed E-state index contributed by atoms with van der Waals surface area (Å²) in [5.74, 6) is -0.282. The van der Waals surface area contributed by atoms with Gasteiger partial charge in [0.1, 0.15) is 5.56 Å². The molecule has 1 heterocycles. The molecule has 5 heteroatoms. The number of carbonyl (C=O) groups excluding carboxylic acids is 1. The molecule has 0 aliphatic heterocycles. The molecule has 0 unspecified atom stereocenters. The van der Waals surface area contributed by atoms with Gasteiger partial charge in [0, 0.05) is 29.2 Å². The van der Waals surface area contributed by atoms with Crippen LogP contribution in [-0.2, 0) is 6.54 Å². The fourth-order valence-electron chi connectivity index (χ4n) is 3.95. The average Bonchev–Trinajstić information content (AvgIpc) is 2.71. The first-order valence-electron chi connectivity index (χ1n) is 9.79. The number of nitrogens with one attached hydrogen (secondary N) is 1. The number of aromatic nitrogens is 1. The van der Waals surface area contributed by atoms with E-state index in [1.54, 1.807) is 24.4 Å². The summed E-state index contributed by atoms with van der Waals surface area (Å²) in [6.07, 6.45) is 7.10. The first kappa shape index (κ1) is 18.8. The van der Waals surface area contributed by atoms with Crippen LogP contribution >= 0.6 is 11.6 Å². The second-order valence-electron chi connectivity index (χ2n) is 7.46. The molecular formula is C23H23ClN2O2. The summed E-state index contributed by atoms with van der Waals surface area (Å²) in [6.45, 7) is 0.557. The summed E-state index contributed by atoms with van der Waals surface area (Å²) in [5.41, 5.74) is 1.77. The maximum atomic E-state index is 13.0. The fraction of sp³-hybridized carbons (Fsp3) is 0.304. The highest BCUT2D eigenvalue weighted by Crippen LogP contribution is 2.20. The number of benzene rings is 2. The van der Waals surface area contributed by atoms with Gasteiger partial charge in [0.15, 0.2) is 0 Å². The predicted octanol–water partition coefficient (Wildman–Crippen LogP) is 4.77. The molecule has 1 amide bonds. The Balaban J connectivity index is 1.76. The molecule has 0 bridgehead atoms. The van der Waals surface area contributed by atoms with Crippen LogP contribution in [0, 0.1) is 0 Å². The molecule has 1 aromatic heterocycles. The molecule has 0 radical (unpaired) electrons. The van der Waals surface area contributed by atoms with Crippen molar-refractivity contribution in [2.75, 3.05) is 0 Å². The van der Waals surface area contributed by atoms with Crippen molar-refractivity contribution < 1.29 is 4.79 Å². The van der Waals surface area contributed by atoms with Crippen molar-refractivity contribution in [3.63, 3.8) is 0 Å². The standard InChI is InChI=1S/C23H23ClN2O2/c24-17-11-12-19-21(13-17)26(14-16-7-3-1-4-8-16)15-20(22(19)27)23(28)25-18-9-5-2-6-10-18/h1,3-4,7-8,11-13,15,18H,2,5-6,9-10,14H2,(H,25,28). The maximum absolute atomic E-state index is 13.0. The van der Waals surface area contributed by atoms with Crippen molar-refractivity contribution in [3.05, 3.63) is 81.1 Å². The van der Waals surface area contributed by atoms with Crippen molar-refractivity contribution in [2.24, 2.45) is 0 Å². The number of rotatable bonds is 4. The molecule has 1 fully saturated rings. The Labute approximate surface area is 169 Å². The molecule has 4 rings (SSSR count). The zero-order chi connectivity index (χ0) is 19.5. The van der Waals surface area contributed by atoms with Gasteiger partial charge in [-0.2, -0.15) is 0 Å². The van der Waals surface area contributed by atoms with E-state index in [1.807, 2.05) is 34.9 Å². The number of fused-ring (bicyclic) bond motifs is 1. The summed E-state index contributed by atoms with van der Waals surface area (Å²) in [5, 5.41) is 4.14. The summed E-state index contributed by atoms with van der Waals surface area (Å²) < 4.78 is 1.94. The number of carbonyl (C=O) groups is 1. The smallest absolute Gasteiger partial charge is 0.256 e. The SMILES string of the molecule is O=C(NC1CCCCC1)c1cn(Cc2ccccc2)c2cc(Cl)ccc2c1=O. The van der Waals surface area contributed by atoms with E-state index in [9.17, 15) is 9.59 Å². The fourth-order valence-corrected chi connectivity index (χ4v) is 4.11. The molecule has 0 saturated heterocycles. The van der Waals surface area contributed by atoms with E-state index in [-0.39, 0.29) is 22.9 Å². The Kier molecular flexibility index (Phi) is 5.49. The second kappa shape index (κ2) is 8.19. The minimum absolute atomic E-state index is 0.157. The maximum Gasteiger partial charge on any atom is 0.256 e. The van der Waals surface area contributed by atoms with Crippen molar-refractivity contribution >= 4 is 28.4 Å². The van der Waals surface area contributed by atoms with Crippen molar-refractivity contribution in [1.29, 1.82) is 0 Å². The largest absolute Gasteiger partial charge is 0.349 e. The summed E-state index contributed by atoms with van der Waals surface area (Å²) in [4.78, 5) is 25.9. The highest BCUT2D eigenvalue weighted by Gasteiger charge is 2.20. The van der Waals surface area contributed by atoms with Crippen LogP contribution in [0.2, 0.25) is 5.02 Å². The summed E-state index contributed by atoms with van der Waals surface area (Å²) in [6, 6.07) is 15.3. The number of pyridine rings is 1. The summed E-state index contributed by atoms with van der Waals surface area (Å²) >= 11 is 6.18. The monoisotopic (exact) mass is 394 g/mol. The van der Waals surface area contributed by atoms with Gasteiger partial charge in [-0.1, -0.05) is 61.2 Å². The minimum Gasteiger partial charge on any atom is -0.349 e. The first-order chi connectivity index (χ1) is 13.6. The zero-order valence-corrected chi connectivity index (χ0v) is 16.4. The van der Waals surface area contributed by atoms with Crippen molar-refractivity contribution in [3.8, 4) is 0 Å². The quantitative estimate of drug-likeness (QED) is 0.693. The van der Waals surface area contributed by atoms with E-state index in [4.69, 9.17) is 11.6 Å². The van der Waals surface area contributed by atoms with Crippen molar-refractivity contribution in [1.82, 2.24) is 9.88 Å². The van der Waals surface area contributed by atoms with Gasteiger partial charge in [0.2, 0.25) is 5.43 Å². The average molecular weight is 395 g/mol. The highest BCUT2D eigenvalue weighted by molar-refractivity contribution is 6.31. The van der Waals surface area contributed by atoms with Gasteiger partial charge in [0.05, 0.1) is 5.52 Å². The predicted molar refractivity (Wildman–Crippen MR) is 113 cm³/mol. The van der Waals surface area contributed by atoms with Gasteiger partial charge in [-0.25, -0.2) is 0 Å². The lowest BCUT2D eigenvalue weighted by Crippen LogP contribution is -2.38. The van der Waals surface area contributed by atoms with Crippen molar-refractivity contribution in [2.45, 2.75) is 44.7 Å². The topological polar surface area (TPSA) is 51.1 Å². The van der Waals surface area contributed by atoms with Gasteiger partial charge >= 0.3 is 0 Å². The molecule has 1 N–H and O–H groups in total. The van der Waals surface area contributed by atoms with E-state index < -0.39 is 0 Å². The number of halogens is 1. The molecule has 0 atom stereocenters. The number of hydrogen-bond donors (Lipinski definition) is 1. The molecule has 4 nitrogen and oxygen atoms in total. The molecule has 1 aliphatic carbocycles. The van der Waals surface area contributed by atoms with Gasteiger partial charge in [0.25, 0.3) is 5.91 Å². The lowest BCUT2D eigenvalue weighted by Gasteiger charge is -2.23. The van der Waals surface area contributed by atoms with Gasteiger partial charge in [-0.15, -0.1) is 0 Å². The molecule has 144 valence electrons. The molecule has 0 spiro atoms. The van der Waals surface area contributed by atoms with Crippen LogP contribution in [0.1, 0.15) is 48.0 Å². The van der Waals surface area contributed by atoms with Crippen LogP contribution in [0.3, 0.4) is 0 Å². The third kappa shape index (κ3) is 3.97. The van der Waals surface area contributed by atoms with E-state index in [0.29, 0.717) is 17.0 Å². The molecule has 2 aromatic carbocycles. The molecule has 3 aromatic rings. The third-order valence-corrected chi connectivity index (χ3v) is 5.66. The van der Waals surface area contributed by atoms with E-state index in [0.717, 1.165) is 36.8 Å². The Hall–Kier alpha value is -2.59. The Morgan fingerprint density at radius 3 is 2.57 bits per heavy atom. The van der Waals surface area contributed by atoms with Crippen LogP contribution in [0.15, 0.2) is 59.5 Å². The number of nitrogens with zero attached hydrogens (tertiary/aromatic N) is 1. The molecular weight excluding hydrogens is 372 g/mol. The third-order valence-electron chi connectivity index (χ3n) is 5.42. The van der Waals surface area contributed by atoms with E-state index in [1.165, 1.54) is 6.42 Å². The second-order valence-corrected chi connectivity index (χ2v) is 7.89. The van der Waals surface area contributed by atoms with Crippen LogP contribution in [0.5, 0.6) is 0 Å². The first-order valence-corrected chi connectivity index (χ1v) is 10.2. The normalized spacial score (nSPS) is 14.9. The lowest BCUT2D eigenvalue weighted by atomic mass is 9.95. The lowest BCUT2D eigenvalue weighted by molar-refractivity contribution is 0.0926. The molecule has 28 heavy (non-hydrogen) atoms. The van der Waals surface area contributed by atoms with Crippen LogP contribution in [0.4, 0.5) is 0 Å². The number of amides is 1. The minimum atomic E-state index is -0.282. The van der Waals surface area contributed by atoms with Gasteiger partial charge in [-0.3, -0.25) is 9.59 Å². The summed E-state index contributed by atoms with van der Waals surface area (Å²) in [7, 11) is 0. The van der Waals surface area contributed by atoms with Crippen LogP contribution < -0.4 is 10.7 Å². The van der Waals surface area contributed by atoms with Crippen LogP contribution in [-0.4, -0.2) is 16.5 Å². The Bertz CT molecular complexity index is 1050. The van der Waals surface area contributed by atoms with Gasteiger partial charge < -0.3 is 9.88 Å². The Morgan fingerprint density at radius 1 is 1.07 bits per heavy atom. The molecule has 1 saturated carbocycles. The van der Waals surface area contributed by atoms with Gasteiger partial charge in [-0.05, 0) is 36.6 Å². The highest BCUT2D eigenvalue weighted by atomic mass is 35.5. The zero-order valence-electron chi connectivity index (χ0n) is 15.7. The Morgan fingerprint density at radius 2 is 1.82 bits per heavy atom. The van der Waals surface area contributed by atoms with Crippen LogP contribution in [0.25, 0.3) is 10.9 Å². The van der Waals surface area contributed by atoms with E-state index >= 15 is 0 Å². The molecule has 1 aliphatic rings. The van der Waals surface area contributed by atoms with E-state index in [2.05, 4.69) is 5.32 Å². The number of hydrogen-bond acceptors (Lipinski definition) is 2.